The molecule has 0 atom stereocenters. The maximum atomic E-state index is 12.8. The fraction of sp³-hybridized carbons (Fsp3) is 0.375. The highest BCUT2D eigenvalue weighted by molar-refractivity contribution is 5.79. The molecule has 2 aliphatic rings. The van der Waals surface area contributed by atoms with Crippen molar-refractivity contribution in [3.05, 3.63) is 69.9 Å². The Morgan fingerprint density at radius 3 is 2.72 bits per heavy atom. The monoisotopic (exact) mass is 434 g/mol. The zero-order chi connectivity index (χ0) is 22.1. The van der Waals surface area contributed by atoms with Crippen LogP contribution in [0.15, 0.2) is 47.3 Å². The lowest BCUT2D eigenvalue weighted by molar-refractivity contribution is -0.131. The summed E-state index contributed by atoms with van der Waals surface area (Å²) in [6.45, 7) is 3.65. The first-order valence-corrected chi connectivity index (χ1v) is 11.0. The summed E-state index contributed by atoms with van der Waals surface area (Å²) in [5, 5.41) is 6.89. The van der Waals surface area contributed by atoms with Crippen LogP contribution in [0.4, 0.5) is 0 Å². The average molecular weight is 434 g/mol. The van der Waals surface area contributed by atoms with Crippen LogP contribution in [-0.2, 0) is 17.6 Å². The Morgan fingerprint density at radius 1 is 1.12 bits per heavy atom. The van der Waals surface area contributed by atoms with Crippen LogP contribution in [-0.4, -0.2) is 45.5 Å². The van der Waals surface area contributed by atoms with Crippen molar-refractivity contribution < 1.29 is 14.3 Å². The summed E-state index contributed by atoms with van der Waals surface area (Å²) in [4.78, 5) is 27.1. The number of nitrogens with one attached hydrogen (secondary N) is 1. The molecule has 1 saturated heterocycles. The number of aromatic amines is 1. The highest BCUT2D eigenvalue weighted by atomic mass is 16.7. The number of ether oxygens (including phenoxy) is 2. The number of para-hydroxylation sites is 1. The molecule has 1 N–H and O–H groups in total. The van der Waals surface area contributed by atoms with E-state index in [2.05, 4.69) is 10.2 Å². The third kappa shape index (κ3) is 4.00. The summed E-state index contributed by atoms with van der Waals surface area (Å²) in [6.07, 6.45) is 2.84. The first-order valence-electron chi connectivity index (χ1n) is 11.0. The Labute approximate surface area is 185 Å². The molecule has 32 heavy (non-hydrogen) atoms. The third-order valence-electron chi connectivity index (χ3n) is 6.33. The van der Waals surface area contributed by atoms with Gasteiger partial charge in [0.15, 0.2) is 11.5 Å². The summed E-state index contributed by atoms with van der Waals surface area (Å²) >= 11 is 0. The van der Waals surface area contributed by atoms with Crippen LogP contribution in [0.1, 0.15) is 29.8 Å². The van der Waals surface area contributed by atoms with Gasteiger partial charge < -0.3 is 14.4 Å². The van der Waals surface area contributed by atoms with Gasteiger partial charge in [-0.05, 0) is 55.0 Å². The largest absolute Gasteiger partial charge is 0.454 e. The Morgan fingerprint density at radius 2 is 1.91 bits per heavy atom. The molecular formula is C24H26N4O4. The van der Waals surface area contributed by atoms with Crippen LogP contribution >= 0.6 is 0 Å². The molecule has 1 amide bonds. The normalized spacial score (nSPS) is 15.8. The molecule has 5 rings (SSSR count). The number of likely N-dealkylation sites (tertiary alicyclic amines) is 1. The van der Waals surface area contributed by atoms with Gasteiger partial charge in [-0.3, -0.25) is 4.79 Å². The van der Waals surface area contributed by atoms with Crippen LogP contribution < -0.4 is 15.2 Å². The molecule has 8 nitrogen and oxygen atoms in total. The standard InChI is InChI=1S/C24H26N4O4/c1-16-4-2-3-5-19(16)28-22(25-26-24(28)30)13-17-8-10-27(11-9-17)23(29)14-18-6-7-20-21(12-18)32-15-31-20/h2-7,12,17H,8-11,13-15H2,1H3,(H,26,30). The van der Waals surface area contributed by atoms with Gasteiger partial charge >= 0.3 is 5.69 Å². The van der Waals surface area contributed by atoms with E-state index in [4.69, 9.17) is 9.47 Å². The number of fused-ring (bicyclic) bond motifs is 1. The van der Waals surface area contributed by atoms with Crippen LogP contribution in [0, 0.1) is 12.8 Å². The second-order valence-electron chi connectivity index (χ2n) is 8.46. The zero-order valence-electron chi connectivity index (χ0n) is 18.0. The fourth-order valence-corrected chi connectivity index (χ4v) is 4.51. The SMILES string of the molecule is Cc1ccccc1-n1c(CC2CCN(C(=O)Cc3ccc4c(c3)OCO4)CC2)n[nH]c1=O. The molecule has 0 spiro atoms. The fourth-order valence-electron chi connectivity index (χ4n) is 4.51. The van der Waals surface area contributed by atoms with Gasteiger partial charge in [0.2, 0.25) is 12.7 Å². The number of hydrogen-bond acceptors (Lipinski definition) is 5. The van der Waals surface area contributed by atoms with E-state index in [0.29, 0.717) is 37.6 Å². The van der Waals surface area contributed by atoms with Gasteiger partial charge in [-0.25, -0.2) is 14.5 Å². The molecule has 0 bridgehead atoms. The second kappa shape index (κ2) is 8.53. The van der Waals surface area contributed by atoms with E-state index < -0.39 is 0 Å². The van der Waals surface area contributed by atoms with E-state index in [-0.39, 0.29) is 18.4 Å². The molecule has 0 aliphatic carbocycles. The number of carbonyl (C=O) groups is 1. The number of benzene rings is 2. The molecule has 1 aromatic heterocycles. The highest BCUT2D eigenvalue weighted by Crippen LogP contribution is 2.33. The molecule has 0 unspecified atom stereocenters. The molecule has 2 aliphatic heterocycles. The number of aromatic nitrogens is 3. The number of rotatable bonds is 5. The van der Waals surface area contributed by atoms with Crippen LogP contribution in [0.25, 0.3) is 5.69 Å². The van der Waals surface area contributed by atoms with Gasteiger partial charge in [0.1, 0.15) is 5.82 Å². The van der Waals surface area contributed by atoms with Gasteiger partial charge in [0, 0.05) is 19.5 Å². The predicted molar refractivity (Wildman–Crippen MR) is 118 cm³/mol. The summed E-state index contributed by atoms with van der Waals surface area (Å²) in [7, 11) is 0. The predicted octanol–water partition coefficient (Wildman–Crippen LogP) is 2.62. The third-order valence-corrected chi connectivity index (χ3v) is 6.33. The zero-order valence-corrected chi connectivity index (χ0v) is 18.0. The number of aryl methyl sites for hydroxylation is 1. The van der Waals surface area contributed by atoms with Crippen molar-refractivity contribution in [2.75, 3.05) is 19.9 Å². The first-order chi connectivity index (χ1) is 15.6. The van der Waals surface area contributed by atoms with E-state index in [9.17, 15) is 9.59 Å². The van der Waals surface area contributed by atoms with Gasteiger partial charge in [-0.15, -0.1) is 0 Å². The van der Waals surface area contributed by atoms with E-state index >= 15 is 0 Å². The molecule has 166 valence electrons. The maximum Gasteiger partial charge on any atom is 0.347 e. The van der Waals surface area contributed by atoms with Crippen molar-refractivity contribution in [1.29, 1.82) is 0 Å². The number of hydrogen-bond donors (Lipinski definition) is 1. The maximum absolute atomic E-state index is 12.8. The number of carbonyl (C=O) groups excluding carboxylic acids is 1. The van der Waals surface area contributed by atoms with Gasteiger partial charge in [-0.1, -0.05) is 24.3 Å². The van der Waals surface area contributed by atoms with E-state index in [0.717, 1.165) is 41.2 Å². The minimum atomic E-state index is -0.217. The topological polar surface area (TPSA) is 89.4 Å². The Kier molecular flexibility index (Phi) is 5.43. The molecule has 1 fully saturated rings. The minimum absolute atomic E-state index is 0.124. The Balaban J connectivity index is 1.20. The highest BCUT2D eigenvalue weighted by Gasteiger charge is 2.25. The number of amides is 1. The summed E-state index contributed by atoms with van der Waals surface area (Å²) in [5.41, 5.74) is 2.60. The molecule has 8 heteroatoms. The summed E-state index contributed by atoms with van der Waals surface area (Å²) < 4.78 is 12.4. The quantitative estimate of drug-likeness (QED) is 0.667. The van der Waals surface area contributed by atoms with E-state index in [1.54, 1.807) is 4.57 Å². The van der Waals surface area contributed by atoms with E-state index in [1.165, 1.54) is 0 Å². The van der Waals surface area contributed by atoms with Gasteiger partial charge in [-0.2, -0.15) is 5.10 Å². The van der Waals surface area contributed by atoms with Crippen molar-refractivity contribution in [3.63, 3.8) is 0 Å². The summed E-state index contributed by atoms with van der Waals surface area (Å²) in [5.74, 6) is 2.67. The van der Waals surface area contributed by atoms with Gasteiger partial charge in [0.25, 0.3) is 0 Å². The van der Waals surface area contributed by atoms with E-state index in [1.807, 2.05) is 54.3 Å². The summed E-state index contributed by atoms with van der Waals surface area (Å²) in [6, 6.07) is 13.5. The van der Waals surface area contributed by atoms with Crippen molar-refractivity contribution in [3.8, 4) is 17.2 Å². The van der Waals surface area contributed by atoms with Crippen LogP contribution in [0.2, 0.25) is 0 Å². The number of H-pyrrole nitrogens is 1. The second-order valence-corrected chi connectivity index (χ2v) is 8.46. The Bertz CT molecular complexity index is 1190. The lowest BCUT2D eigenvalue weighted by Crippen LogP contribution is -2.40. The molecule has 0 radical (unpaired) electrons. The van der Waals surface area contributed by atoms with Crippen LogP contribution in [0.3, 0.4) is 0 Å². The van der Waals surface area contributed by atoms with Crippen LogP contribution in [0.5, 0.6) is 11.5 Å². The van der Waals surface area contributed by atoms with Crippen molar-refractivity contribution in [2.24, 2.45) is 5.92 Å². The van der Waals surface area contributed by atoms with Crippen molar-refractivity contribution in [2.45, 2.75) is 32.6 Å². The number of nitrogens with zero attached hydrogens (tertiary/aromatic N) is 3. The van der Waals surface area contributed by atoms with Gasteiger partial charge in [0.05, 0.1) is 12.1 Å². The van der Waals surface area contributed by atoms with Crippen molar-refractivity contribution in [1.82, 2.24) is 19.7 Å². The molecule has 2 aromatic carbocycles. The number of piperidine rings is 1. The molecule has 3 heterocycles. The average Bonchev–Trinajstić information content (AvgIpc) is 3.41. The lowest BCUT2D eigenvalue weighted by Gasteiger charge is -2.32. The molecular weight excluding hydrogens is 408 g/mol. The smallest absolute Gasteiger partial charge is 0.347 e. The Hall–Kier alpha value is -3.55. The minimum Gasteiger partial charge on any atom is -0.454 e. The van der Waals surface area contributed by atoms with Crippen molar-refractivity contribution >= 4 is 5.91 Å². The molecule has 0 saturated carbocycles. The lowest BCUT2D eigenvalue weighted by atomic mass is 9.92. The first kappa shape index (κ1) is 20.4. The molecule has 3 aromatic rings.